The largest absolute Gasteiger partial charge is 0.508 e. The molecule has 37 heavy (non-hydrogen) atoms. The molecule has 0 heterocycles. The van der Waals surface area contributed by atoms with Gasteiger partial charge in [-0.3, -0.25) is 9.59 Å². The van der Waals surface area contributed by atoms with E-state index in [0.29, 0.717) is 12.1 Å². The lowest BCUT2D eigenvalue weighted by atomic mass is 10.0. The average molecular weight is 509 g/mol. The molecule has 0 aliphatic rings. The van der Waals surface area contributed by atoms with E-state index in [2.05, 4.69) is 17.6 Å². The van der Waals surface area contributed by atoms with Gasteiger partial charge in [0, 0.05) is 17.8 Å². The van der Waals surface area contributed by atoms with Crippen molar-refractivity contribution in [3.63, 3.8) is 0 Å². The minimum absolute atomic E-state index is 0.0486. The van der Waals surface area contributed by atoms with Crippen LogP contribution < -0.4 is 10.6 Å². The summed E-state index contributed by atoms with van der Waals surface area (Å²) in [5.74, 6) is 0.0818. The van der Waals surface area contributed by atoms with Gasteiger partial charge in [-0.1, -0.05) is 109 Å². The van der Waals surface area contributed by atoms with Crippen LogP contribution in [0.5, 0.6) is 5.75 Å². The van der Waals surface area contributed by atoms with Crippen LogP contribution in [0.1, 0.15) is 115 Å². The first-order valence-electron chi connectivity index (χ1n) is 14.5. The summed E-state index contributed by atoms with van der Waals surface area (Å²) < 4.78 is 0. The van der Waals surface area contributed by atoms with Crippen molar-refractivity contribution in [2.75, 3.05) is 10.6 Å². The monoisotopic (exact) mass is 508 g/mol. The molecule has 0 saturated carbocycles. The predicted octanol–water partition coefficient (Wildman–Crippen LogP) is 8.77. The van der Waals surface area contributed by atoms with Gasteiger partial charge in [0.2, 0.25) is 11.8 Å². The first-order chi connectivity index (χ1) is 18.1. The van der Waals surface area contributed by atoms with E-state index in [1.807, 2.05) is 24.3 Å². The number of nitrogens with one attached hydrogen (secondary N) is 2. The molecule has 2 aromatic carbocycles. The molecule has 0 atom stereocenters. The van der Waals surface area contributed by atoms with Crippen molar-refractivity contribution in [3.05, 3.63) is 54.1 Å². The summed E-state index contributed by atoms with van der Waals surface area (Å²) in [6.45, 7) is 2.27. The number of rotatable bonds is 20. The van der Waals surface area contributed by atoms with Crippen LogP contribution in [0.15, 0.2) is 48.5 Å². The van der Waals surface area contributed by atoms with E-state index in [1.165, 1.54) is 95.6 Å². The van der Waals surface area contributed by atoms with E-state index in [0.717, 1.165) is 24.1 Å². The van der Waals surface area contributed by atoms with E-state index >= 15 is 0 Å². The first-order valence-corrected chi connectivity index (χ1v) is 14.5. The Morgan fingerprint density at radius 2 is 0.973 bits per heavy atom. The molecular formula is C32H48N2O3. The Balaban J connectivity index is 1.45. The smallest absolute Gasteiger partial charge is 0.228 e. The van der Waals surface area contributed by atoms with Crippen LogP contribution >= 0.6 is 0 Å². The number of aromatic hydroxyl groups is 1. The van der Waals surface area contributed by atoms with Gasteiger partial charge in [-0.25, -0.2) is 0 Å². The third kappa shape index (κ3) is 15.1. The van der Waals surface area contributed by atoms with E-state index in [4.69, 9.17) is 0 Å². The number of unbranched alkanes of at least 4 members (excludes halogenated alkanes) is 14. The lowest BCUT2D eigenvalue weighted by Gasteiger charge is -2.08. The normalized spacial score (nSPS) is 10.8. The fraction of sp³-hybridized carbons (Fsp3) is 0.562. The fourth-order valence-electron chi connectivity index (χ4n) is 4.52. The number of hydrogen-bond acceptors (Lipinski definition) is 3. The molecule has 3 N–H and O–H groups in total. The van der Waals surface area contributed by atoms with Gasteiger partial charge in [-0.15, -0.1) is 0 Å². The number of hydrogen-bond donors (Lipinski definition) is 3. The van der Waals surface area contributed by atoms with Crippen LogP contribution in [0.3, 0.4) is 0 Å². The molecule has 0 unspecified atom stereocenters. The number of amides is 2. The molecule has 0 radical (unpaired) electrons. The maximum Gasteiger partial charge on any atom is 0.228 e. The summed E-state index contributed by atoms with van der Waals surface area (Å²) >= 11 is 0. The van der Waals surface area contributed by atoms with Crippen LogP contribution in [0.4, 0.5) is 11.4 Å². The SMILES string of the molecule is CCCCCCCCCCCCCCCCCC(=O)Nc1ccc(CC(=O)Nc2ccc(O)cc2)cc1. The van der Waals surface area contributed by atoms with Crippen LogP contribution in [0.25, 0.3) is 0 Å². The maximum atomic E-state index is 12.2. The molecule has 0 spiro atoms. The van der Waals surface area contributed by atoms with Gasteiger partial charge in [0.25, 0.3) is 0 Å². The Kier molecular flexibility index (Phi) is 15.9. The Morgan fingerprint density at radius 1 is 0.568 bits per heavy atom. The molecule has 0 bridgehead atoms. The zero-order valence-corrected chi connectivity index (χ0v) is 22.9. The van der Waals surface area contributed by atoms with Crippen LogP contribution in [-0.2, 0) is 16.0 Å². The number of carbonyl (C=O) groups excluding carboxylic acids is 2. The number of phenolic OH excluding ortho intramolecular Hbond substituents is 1. The van der Waals surface area contributed by atoms with Gasteiger partial charge in [0.05, 0.1) is 6.42 Å². The molecule has 204 valence electrons. The summed E-state index contributed by atoms with van der Waals surface area (Å²) in [6, 6.07) is 13.8. The van der Waals surface area contributed by atoms with Gasteiger partial charge >= 0.3 is 0 Å². The van der Waals surface area contributed by atoms with Gasteiger partial charge < -0.3 is 15.7 Å². The molecule has 0 aromatic heterocycles. The quantitative estimate of drug-likeness (QED) is 0.123. The molecular weight excluding hydrogens is 460 g/mol. The Morgan fingerprint density at radius 3 is 1.46 bits per heavy atom. The van der Waals surface area contributed by atoms with E-state index in [1.54, 1.807) is 12.1 Å². The number of carbonyl (C=O) groups is 2. The van der Waals surface area contributed by atoms with Crippen molar-refractivity contribution < 1.29 is 14.7 Å². The van der Waals surface area contributed by atoms with E-state index in [9.17, 15) is 14.7 Å². The second-order valence-electron chi connectivity index (χ2n) is 10.2. The van der Waals surface area contributed by atoms with Crippen molar-refractivity contribution in [1.82, 2.24) is 0 Å². The summed E-state index contributed by atoms with van der Waals surface area (Å²) in [5, 5.41) is 15.1. The van der Waals surface area contributed by atoms with E-state index < -0.39 is 0 Å². The van der Waals surface area contributed by atoms with Gasteiger partial charge in [0.1, 0.15) is 5.75 Å². The number of anilines is 2. The summed E-state index contributed by atoms with van der Waals surface area (Å²) in [4.78, 5) is 24.4. The first kappa shape index (κ1) is 30.4. The summed E-state index contributed by atoms with van der Waals surface area (Å²) in [6.07, 6.45) is 20.6. The molecule has 2 rings (SSSR count). The molecule has 0 saturated heterocycles. The van der Waals surface area contributed by atoms with E-state index in [-0.39, 0.29) is 24.0 Å². The third-order valence-corrected chi connectivity index (χ3v) is 6.76. The summed E-state index contributed by atoms with van der Waals surface area (Å²) in [7, 11) is 0. The Bertz CT molecular complexity index is 878. The maximum absolute atomic E-state index is 12.2. The fourth-order valence-corrected chi connectivity index (χ4v) is 4.52. The Hall–Kier alpha value is -2.82. The highest BCUT2D eigenvalue weighted by Gasteiger charge is 2.06. The minimum Gasteiger partial charge on any atom is -0.508 e. The zero-order valence-electron chi connectivity index (χ0n) is 22.9. The summed E-state index contributed by atoms with van der Waals surface area (Å²) in [5.41, 5.74) is 2.27. The lowest BCUT2D eigenvalue weighted by Crippen LogP contribution is -2.14. The molecule has 0 fully saturated rings. The number of benzene rings is 2. The molecule has 0 aliphatic carbocycles. The second-order valence-corrected chi connectivity index (χ2v) is 10.2. The van der Waals surface area contributed by atoms with Crippen molar-refractivity contribution in [2.24, 2.45) is 0 Å². The van der Waals surface area contributed by atoms with Crippen molar-refractivity contribution in [2.45, 2.75) is 116 Å². The molecule has 2 amide bonds. The minimum atomic E-state index is -0.129. The topological polar surface area (TPSA) is 78.4 Å². The molecule has 2 aromatic rings. The molecule has 5 nitrogen and oxygen atoms in total. The van der Waals surface area contributed by atoms with Gasteiger partial charge in [-0.05, 0) is 48.4 Å². The van der Waals surface area contributed by atoms with Crippen molar-refractivity contribution >= 4 is 23.2 Å². The van der Waals surface area contributed by atoms with Crippen molar-refractivity contribution in [3.8, 4) is 5.75 Å². The zero-order chi connectivity index (χ0) is 26.6. The lowest BCUT2D eigenvalue weighted by molar-refractivity contribution is -0.116. The second kappa shape index (κ2) is 19.3. The molecule has 5 heteroatoms. The number of phenols is 1. The standard InChI is InChI=1S/C32H48N2O3/c1-2-3-4-5-6-7-8-9-10-11-12-13-14-15-16-17-31(36)33-28-20-18-27(19-21-28)26-32(37)34-29-22-24-30(35)25-23-29/h18-25,35H,2-17,26H2,1H3,(H,33,36)(H,34,37). The highest BCUT2D eigenvalue weighted by molar-refractivity contribution is 5.93. The highest BCUT2D eigenvalue weighted by atomic mass is 16.3. The van der Waals surface area contributed by atoms with Crippen molar-refractivity contribution in [1.29, 1.82) is 0 Å². The predicted molar refractivity (Wildman–Crippen MR) is 155 cm³/mol. The Labute approximate surface area is 224 Å². The highest BCUT2D eigenvalue weighted by Crippen LogP contribution is 2.16. The molecule has 0 aliphatic heterocycles. The van der Waals surface area contributed by atoms with Gasteiger partial charge in [-0.2, -0.15) is 0 Å². The van der Waals surface area contributed by atoms with Gasteiger partial charge in [0.15, 0.2) is 0 Å². The van der Waals surface area contributed by atoms with Crippen LogP contribution in [0, 0.1) is 0 Å². The van der Waals surface area contributed by atoms with Crippen LogP contribution in [0.2, 0.25) is 0 Å². The average Bonchev–Trinajstić information content (AvgIpc) is 2.89. The van der Waals surface area contributed by atoms with Crippen LogP contribution in [-0.4, -0.2) is 16.9 Å². The third-order valence-electron chi connectivity index (χ3n) is 6.76.